The Morgan fingerprint density at radius 1 is 0.900 bits per heavy atom. The summed E-state index contributed by atoms with van der Waals surface area (Å²) in [6.07, 6.45) is 10.6. The molecule has 0 radical (unpaired) electrons. The molecule has 0 aliphatic rings. The van der Waals surface area contributed by atoms with Gasteiger partial charge in [-0.25, -0.2) is 8.42 Å². The summed E-state index contributed by atoms with van der Waals surface area (Å²) >= 11 is 0. The fraction of sp³-hybridized carbons (Fsp3) is 1.00. The zero-order valence-electron chi connectivity index (χ0n) is 13.1. The van der Waals surface area contributed by atoms with Crippen LogP contribution in [0, 0.1) is 0 Å². The minimum Gasteiger partial charge on any atom is -0.748 e. The summed E-state index contributed by atoms with van der Waals surface area (Å²) in [5, 5.41) is 9.69. The van der Waals surface area contributed by atoms with Crippen molar-refractivity contribution in [1.29, 1.82) is 0 Å². The van der Waals surface area contributed by atoms with E-state index in [1.807, 2.05) is 0 Å². The van der Waals surface area contributed by atoms with E-state index in [9.17, 15) is 18.1 Å². The van der Waals surface area contributed by atoms with Crippen LogP contribution in [0.15, 0.2) is 0 Å². The summed E-state index contributed by atoms with van der Waals surface area (Å²) in [5.74, 6) is -0.308. The summed E-state index contributed by atoms with van der Waals surface area (Å²) in [4.78, 5) is 0. The van der Waals surface area contributed by atoms with Crippen molar-refractivity contribution in [2.75, 3.05) is 5.75 Å². The molecule has 0 rings (SSSR count). The molecule has 1 atom stereocenters. The predicted octanol–water partition coefficient (Wildman–Crippen LogP) is 0.208. The fourth-order valence-corrected chi connectivity index (χ4v) is 2.70. The molecule has 0 aromatic heterocycles. The summed E-state index contributed by atoms with van der Waals surface area (Å²) in [6, 6.07) is 0. The van der Waals surface area contributed by atoms with E-state index in [2.05, 4.69) is 6.92 Å². The molecule has 4 nitrogen and oxygen atoms in total. The maximum absolute atomic E-state index is 10.4. The van der Waals surface area contributed by atoms with Crippen molar-refractivity contribution in [3.63, 3.8) is 0 Å². The molecular formula is C14H29NaO4S. The Kier molecular flexibility index (Phi) is 17.1. The van der Waals surface area contributed by atoms with Crippen molar-refractivity contribution in [3.05, 3.63) is 0 Å². The first-order chi connectivity index (χ1) is 8.95. The van der Waals surface area contributed by atoms with E-state index in [1.54, 1.807) is 0 Å². The SMILES string of the molecule is CCCCCCCCCC(O)CCCCS(=O)(=O)[O-].[Na+]. The van der Waals surface area contributed by atoms with Gasteiger partial charge in [0.25, 0.3) is 0 Å². The minimum atomic E-state index is -4.09. The Labute approximate surface area is 146 Å². The molecule has 0 fully saturated rings. The van der Waals surface area contributed by atoms with Crippen molar-refractivity contribution in [2.45, 2.75) is 83.7 Å². The standard InChI is InChI=1S/C14H30O4S.Na/c1-2-3-4-5-6-7-8-11-14(15)12-9-10-13-19(16,17)18;/h14-15H,2-13H2,1H3,(H,16,17,18);/q;+1/p-1. The second kappa shape index (κ2) is 14.8. The topological polar surface area (TPSA) is 77.4 Å². The van der Waals surface area contributed by atoms with E-state index in [0.29, 0.717) is 19.3 Å². The van der Waals surface area contributed by atoms with E-state index < -0.39 is 10.1 Å². The number of unbranched alkanes of at least 4 members (excludes halogenated alkanes) is 7. The molecule has 1 unspecified atom stereocenters. The van der Waals surface area contributed by atoms with Gasteiger partial charge < -0.3 is 9.66 Å². The van der Waals surface area contributed by atoms with Crippen LogP contribution < -0.4 is 29.6 Å². The van der Waals surface area contributed by atoms with Gasteiger partial charge in [-0.1, -0.05) is 51.9 Å². The number of hydrogen-bond acceptors (Lipinski definition) is 4. The third kappa shape index (κ3) is 18.9. The van der Waals surface area contributed by atoms with Crippen LogP contribution >= 0.6 is 0 Å². The Bertz CT molecular complexity index is 294. The molecule has 1 N–H and O–H groups in total. The molecule has 0 saturated carbocycles. The van der Waals surface area contributed by atoms with E-state index in [1.165, 1.54) is 32.1 Å². The van der Waals surface area contributed by atoms with Gasteiger partial charge in [-0.2, -0.15) is 0 Å². The Balaban J connectivity index is 0. The Morgan fingerprint density at radius 2 is 1.35 bits per heavy atom. The minimum absolute atomic E-state index is 0. The van der Waals surface area contributed by atoms with Gasteiger partial charge >= 0.3 is 29.6 Å². The fourth-order valence-electron chi connectivity index (χ4n) is 2.14. The molecular weight excluding hydrogens is 287 g/mol. The third-order valence-electron chi connectivity index (χ3n) is 3.32. The molecule has 0 bridgehead atoms. The van der Waals surface area contributed by atoms with Crippen LogP contribution in [0.2, 0.25) is 0 Å². The van der Waals surface area contributed by atoms with Gasteiger partial charge in [-0.05, 0) is 25.7 Å². The Hall–Kier alpha value is 0.870. The van der Waals surface area contributed by atoms with E-state index in [0.717, 1.165) is 19.3 Å². The van der Waals surface area contributed by atoms with Crippen LogP contribution in [0.3, 0.4) is 0 Å². The summed E-state index contributed by atoms with van der Waals surface area (Å²) in [5.41, 5.74) is 0. The summed E-state index contributed by atoms with van der Waals surface area (Å²) in [7, 11) is -4.09. The number of aliphatic hydroxyl groups is 1. The Morgan fingerprint density at radius 3 is 1.85 bits per heavy atom. The first-order valence-corrected chi connectivity index (χ1v) is 9.15. The van der Waals surface area contributed by atoms with Crippen molar-refractivity contribution < 1.29 is 47.6 Å². The molecule has 116 valence electrons. The average Bonchev–Trinajstić information content (AvgIpc) is 2.32. The molecule has 0 aliphatic heterocycles. The zero-order chi connectivity index (χ0) is 14.6. The molecule has 0 aromatic carbocycles. The quantitative estimate of drug-likeness (QED) is 0.299. The van der Waals surface area contributed by atoms with Crippen LogP contribution in [0.4, 0.5) is 0 Å². The monoisotopic (exact) mass is 316 g/mol. The molecule has 0 heterocycles. The maximum Gasteiger partial charge on any atom is 1.00 e. The van der Waals surface area contributed by atoms with Crippen molar-refractivity contribution in [2.24, 2.45) is 0 Å². The van der Waals surface area contributed by atoms with Gasteiger partial charge in [0.15, 0.2) is 0 Å². The first-order valence-electron chi connectivity index (χ1n) is 7.57. The van der Waals surface area contributed by atoms with Crippen LogP contribution in [0.5, 0.6) is 0 Å². The van der Waals surface area contributed by atoms with Gasteiger partial charge in [0.05, 0.1) is 16.2 Å². The smallest absolute Gasteiger partial charge is 0.748 e. The first kappa shape index (κ1) is 23.1. The largest absolute Gasteiger partial charge is 1.00 e. The van der Waals surface area contributed by atoms with Gasteiger partial charge in [0.2, 0.25) is 0 Å². The normalized spacial score (nSPS) is 12.9. The molecule has 6 heteroatoms. The second-order valence-corrected chi connectivity index (χ2v) is 6.85. The molecule has 0 amide bonds. The summed E-state index contributed by atoms with van der Waals surface area (Å²) in [6.45, 7) is 2.20. The zero-order valence-corrected chi connectivity index (χ0v) is 16.0. The van der Waals surface area contributed by atoms with Crippen LogP contribution in [0.1, 0.15) is 77.6 Å². The van der Waals surface area contributed by atoms with Gasteiger partial charge in [0.1, 0.15) is 0 Å². The van der Waals surface area contributed by atoms with Crippen molar-refractivity contribution >= 4 is 10.1 Å². The molecule has 0 spiro atoms. The molecule has 0 saturated heterocycles. The second-order valence-electron chi connectivity index (χ2n) is 5.32. The molecule has 0 aromatic rings. The van der Waals surface area contributed by atoms with Crippen LogP contribution in [-0.2, 0) is 10.1 Å². The van der Waals surface area contributed by atoms with E-state index in [4.69, 9.17) is 0 Å². The average molecular weight is 316 g/mol. The molecule has 0 aliphatic carbocycles. The predicted molar refractivity (Wildman–Crippen MR) is 77.0 cm³/mol. The van der Waals surface area contributed by atoms with Crippen LogP contribution in [0.25, 0.3) is 0 Å². The van der Waals surface area contributed by atoms with Crippen molar-refractivity contribution in [3.8, 4) is 0 Å². The van der Waals surface area contributed by atoms with Crippen molar-refractivity contribution in [1.82, 2.24) is 0 Å². The van der Waals surface area contributed by atoms with Gasteiger partial charge in [-0.15, -0.1) is 0 Å². The maximum atomic E-state index is 10.4. The number of aliphatic hydroxyl groups excluding tert-OH is 1. The summed E-state index contributed by atoms with van der Waals surface area (Å²) < 4.78 is 31.1. The third-order valence-corrected chi connectivity index (χ3v) is 4.11. The molecule has 20 heavy (non-hydrogen) atoms. The van der Waals surface area contributed by atoms with Gasteiger partial charge in [-0.3, -0.25) is 0 Å². The number of rotatable bonds is 13. The van der Waals surface area contributed by atoms with E-state index in [-0.39, 0.29) is 41.4 Å². The van der Waals surface area contributed by atoms with Gasteiger partial charge in [0, 0.05) is 5.75 Å². The number of hydrogen-bond donors (Lipinski definition) is 1. The van der Waals surface area contributed by atoms with E-state index >= 15 is 0 Å². The van der Waals surface area contributed by atoms with Crippen LogP contribution in [-0.4, -0.2) is 29.9 Å².